The molecule has 1 N–H and O–H groups in total. The maximum Gasteiger partial charge on any atom is 0.387 e. The zero-order valence-electron chi connectivity index (χ0n) is 17.1. The summed E-state index contributed by atoms with van der Waals surface area (Å²) in [5.41, 5.74) is 2.31. The minimum absolute atomic E-state index is 0.0210. The van der Waals surface area contributed by atoms with Gasteiger partial charge in [-0.15, -0.1) is 0 Å². The molecule has 2 unspecified atom stereocenters. The van der Waals surface area contributed by atoms with Gasteiger partial charge in [-0.2, -0.15) is 8.78 Å². The fraction of sp³-hybridized carbons (Fsp3) is 0.304. The topological polar surface area (TPSA) is 64.6 Å². The molecule has 30 heavy (non-hydrogen) atoms. The second-order valence-electron chi connectivity index (χ2n) is 6.75. The lowest BCUT2D eigenvalue weighted by atomic mass is 9.97. The van der Waals surface area contributed by atoms with Gasteiger partial charge in [-0.3, -0.25) is 4.79 Å². The van der Waals surface area contributed by atoms with Gasteiger partial charge in [0.05, 0.1) is 0 Å². The largest absolute Gasteiger partial charge is 0.449 e. The molecule has 2 rings (SSSR count). The summed E-state index contributed by atoms with van der Waals surface area (Å²) in [5.74, 6) is -0.825. The molecule has 5 nitrogen and oxygen atoms in total. The van der Waals surface area contributed by atoms with Crippen LogP contribution >= 0.6 is 0 Å². The highest BCUT2D eigenvalue weighted by molar-refractivity contribution is 5.97. The lowest BCUT2D eigenvalue weighted by molar-refractivity contribution is -0.148. The van der Waals surface area contributed by atoms with E-state index >= 15 is 0 Å². The lowest BCUT2D eigenvalue weighted by Gasteiger charge is -2.17. The van der Waals surface area contributed by atoms with Gasteiger partial charge in [-0.25, -0.2) is 4.79 Å². The van der Waals surface area contributed by atoms with Gasteiger partial charge in [0.15, 0.2) is 6.10 Å². The first-order valence-electron chi connectivity index (χ1n) is 9.63. The van der Waals surface area contributed by atoms with Crippen LogP contribution in [0.1, 0.15) is 44.2 Å². The summed E-state index contributed by atoms with van der Waals surface area (Å²) in [6.07, 6.45) is 2.56. The average molecular weight is 417 g/mol. The predicted octanol–water partition coefficient (Wildman–Crippen LogP) is 5.39. The second-order valence-corrected chi connectivity index (χ2v) is 6.75. The number of alkyl halides is 2. The van der Waals surface area contributed by atoms with Gasteiger partial charge in [0.2, 0.25) is 0 Å². The first-order valence-corrected chi connectivity index (χ1v) is 9.63. The number of ether oxygens (including phenoxy) is 2. The molecule has 160 valence electrons. The molecule has 0 aliphatic carbocycles. The van der Waals surface area contributed by atoms with E-state index in [1.54, 1.807) is 0 Å². The predicted molar refractivity (Wildman–Crippen MR) is 111 cm³/mol. The van der Waals surface area contributed by atoms with Crippen LogP contribution in [0.25, 0.3) is 6.08 Å². The minimum atomic E-state index is -2.90. The van der Waals surface area contributed by atoms with E-state index in [0.29, 0.717) is 11.3 Å². The molecule has 0 fully saturated rings. The van der Waals surface area contributed by atoms with Crippen molar-refractivity contribution in [1.82, 2.24) is 0 Å². The number of halogens is 2. The van der Waals surface area contributed by atoms with E-state index in [4.69, 9.17) is 4.74 Å². The second kappa shape index (κ2) is 11.1. The minimum Gasteiger partial charge on any atom is -0.449 e. The number of carbonyl (C=O) groups excluding carboxylic acids is 2. The standard InChI is InChI=1S/C23H25F2NO4/c1-4-15(2)19-7-5-6-8-20(19)26-22(28)16(3)29-21(27)14-11-17-9-12-18(13-10-17)30-23(24)25/h5-16,23H,4H2,1-3H3,(H,26,28)/b14-11+. The molecule has 1 amide bonds. The van der Waals surface area contributed by atoms with E-state index < -0.39 is 24.6 Å². The Kier molecular flexibility index (Phi) is 8.53. The summed E-state index contributed by atoms with van der Waals surface area (Å²) < 4.78 is 33.7. The van der Waals surface area contributed by atoms with Gasteiger partial charge in [0, 0.05) is 11.8 Å². The molecule has 0 aromatic heterocycles. The molecule has 0 radical (unpaired) electrons. The van der Waals surface area contributed by atoms with Crippen LogP contribution in [0.15, 0.2) is 54.6 Å². The van der Waals surface area contributed by atoms with Crippen LogP contribution in [0.3, 0.4) is 0 Å². The third-order valence-electron chi connectivity index (χ3n) is 4.54. The fourth-order valence-corrected chi connectivity index (χ4v) is 2.69. The van der Waals surface area contributed by atoms with Crippen LogP contribution in [0.2, 0.25) is 0 Å². The van der Waals surface area contributed by atoms with Crippen LogP contribution in [0.4, 0.5) is 14.5 Å². The van der Waals surface area contributed by atoms with E-state index in [1.165, 1.54) is 43.3 Å². The van der Waals surface area contributed by atoms with Crippen molar-refractivity contribution in [2.75, 3.05) is 5.32 Å². The van der Waals surface area contributed by atoms with Crippen LogP contribution in [-0.4, -0.2) is 24.6 Å². The SMILES string of the molecule is CCC(C)c1ccccc1NC(=O)C(C)OC(=O)/C=C/c1ccc(OC(F)F)cc1. The van der Waals surface area contributed by atoms with E-state index in [0.717, 1.165) is 12.0 Å². The Morgan fingerprint density at radius 3 is 2.37 bits per heavy atom. The Bertz CT molecular complexity index is 881. The first kappa shape index (κ1) is 23.1. The molecule has 0 aliphatic rings. The smallest absolute Gasteiger partial charge is 0.387 e. The Morgan fingerprint density at radius 1 is 1.07 bits per heavy atom. The summed E-state index contributed by atoms with van der Waals surface area (Å²) in [6, 6.07) is 13.3. The highest BCUT2D eigenvalue weighted by atomic mass is 19.3. The van der Waals surface area contributed by atoms with Gasteiger partial charge < -0.3 is 14.8 Å². The van der Waals surface area contributed by atoms with E-state index in [9.17, 15) is 18.4 Å². The molecular weight excluding hydrogens is 392 g/mol. The van der Waals surface area contributed by atoms with E-state index in [1.807, 2.05) is 24.3 Å². The number of nitrogens with one attached hydrogen (secondary N) is 1. The third-order valence-corrected chi connectivity index (χ3v) is 4.54. The zero-order valence-corrected chi connectivity index (χ0v) is 17.1. The third kappa shape index (κ3) is 6.99. The molecule has 0 aliphatic heterocycles. The fourth-order valence-electron chi connectivity index (χ4n) is 2.69. The molecule has 0 saturated heterocycles. The lowest BCUT2D eigenvalue weighted by Crippen LogP contribution is -2.29. The molecule has 0 heterocycles. The summed E-state index contributed by atoms with van der Waals surface area (Å²) in [7, 11) is 0. The normalized spacial score (nSPS) is 13.1. The Morgan fingerprint density at radius 2 is 1.73 bits per heavy atom. The number of hydrogen-bond donors (Lipinski definition) is 1. The summed E-state index contributed by atoms with van der Waals surface area (Å²) in [5, 5.41) is 2.81. The number of hydrogen-bond acceptors (Lipinski definition) is 4. The van der Waals surface area contributed by atoms with Crippen LogP contribution in [0, 0.1) is 0 Å². The number of amides is 1. The number of benzene rings is 2. The zero-order chi connectivity index (χ0) is 22.1. The quantitative estimate of drug-likeness (QED) is 0.439. The maximum atomic E-state index is 12.4. The van der Waals surface area contributed by atoms with Crippen molar-refractivity contribution in [3.63, 3.8) is 0 Å². The molecule has 0 saturated carbocycles. The number of para-hydroxylation sites is 1. The van der Waals surface area contributed by atoms with Crippen LogP contribution in [0.5, 0.6) is 5.75 Å². The molecular formula is C23H25F2NO4. The molecule has 0 spiro atoms. The highest BCUT2D eigenvalue weighted by Gasteiger charge is 2.18. The monoisotopic (exact) mass is 417 g/mol. The molecule has 2 aromatic carbocycles. The van der Waals surface area contributed by atoms with Crippen molar-refractivity contribution in [2.45, 2.75) is 45.8 Å². The summed E-state index contributed by atoms with van der Waals surface area (Å²) in [4.78, 5) is 24.4. The van der Waals surface area contributed by atoms with Gasteiger partial charge >= 0.3 is 12.6 Å². The molecule has 2 aromatic rings. The van der Waals surface area contributed by atoms with Crippen molar-refractivity contribution in [3.8, 4) is 5.75 Å². The average Bonchev–Trinajstić information content (AvgIpc) is 2.72. The number of rotatable bonds is 9. The van der Waals surface area contributed by atoms with Gasteiger partial charge in [-0.1, -0.05) is 44.2 Å². The highest BCUT2D eigenvalue weighted by Crippen LogP contribution is 2.26. The molecule has 7 heteroatoms. The van der Waals surface area contributed by atoms with Crippen molar-refractivity contribution >= 4 is 23.6 Å². The molecule has 0 bridgehead atoms. The number of esters is 1. The van der Waals surface area contributed by atoms with Gasteiger partial charge in [-0.05, 0) is 54.7 Å². The summed E-state index contributed by atoms with van der Waals surface area (Å²) >= 11 is 0. The van der Waals surface area contributed by atoms with Crippen molar-refractivity contribution < 1.29 is 27.8 Å². The first-order chi connectivity index (χ1) is 14.3. The maximum absolute atomic E-state index is 12.4. The number of carbonyl (C=O) groups is 2. The van der Waals surface area contributed by atoms with Crippen LogP contribution < -0.4 is 10.1 Å². The van der Waals surface area contributed by atoms with Crippen molar-refractivity contribution in [1.29, 1.82) is 0 Å². The Balaban J connectivity index is 1.92. The van der Waals surface area contributed by atoms with Gasteiger partial charge in [0.25, 0.3) is 5.91 Å². The van der Waals surface area contributed by atoms with Crippen molar-refractivity contribution in [3.05, 3.63) is 65.7 Å². The Hall–Kier alpha value is -3.22. The summed E-state index contributed by atoms with van der Waals surface area (Å²) in [6.45, 7) is 2.74. The van der Waals surface area contributed by atoms with Crippen LogP contribution in [-0.2, 0) is 14.3 Å². The Labute approximate surface area is 174 Å². The van der Waals surface area contributed by atoms with Gasteiger partial charge in [0.1, 0.15) is 5.75 Å². The van der Waals surface area contributed by atoms with E-state index in [-0.39, 0.29) is 11.7 Å². The van der Waals surface area contributed by atoms with E-state index in [2.05, 4.69) is 23.9 Å². The molecule has 2 atom stereocenters. The number of anilines is 1. The van der Waals surface area contributed by atoms with Crippen molar-refractivity contribution in [2.24, 2.45) is 0 Å².